The van der Waals surface area contributed by atoms with Gasteiger partial charge in [-0.1, -0.05) is 30.3 Å². The molecule has 5 heteroatoms. The van der Waals surface area contributed by atoms with E-state index >= 15 is 0 Å². The summed E-state index contributed by atoms with van der Waals surface area (Å²) in [7, 11) is 1.70. The molecule has 3 atom stereocenters. The number of methoxy groups -OCH3 is 1. The molecule has 2 saturated heterocycles. The maximum atomic E-state index is 12.3. The molecule has 2 aliphatic heterocycles. The number of carbonyl (C=O) groups excluding carboxylic acids is 1. The van der Waals surface area contributed by atoms with Gasteiger partial charge in [-0.25, -0.2) is 4.79 Å². The van der Waals surface area contributed by atoms with Crippen LogP contribution in [-0.2, 0) is 16.0 Å². The zero-order valence-corrected chi connectivity index (χ0v) is 11.6. The number of nitrogens with zero attached hydrogens (tertiary/aromatic N) is 1. The van der Waals surface area contributed by atoms with Crippen molar-refractivity contribution in [3.8, 4) is 0 Å². The largest absolute Gasteiger partial charge is 0.379 e. The van der Waals surface area contributed by atoms with Gasteiger partial charge in [0.25, 0.3) is 0 Å². The quantitative estimate of drug-likeness (QED) is 0.903. The highest BCUT2D eigenvalue weighted by molar-refractivity contribution is 5.75. The zero-order valence-electron chi connectivity index (χ0n) is 11.6. The van der Waals surface area contributed by atoms with Crippen LogP contribution in [0.3, 0.4) is 0 Å². The van der Waals surface area contributed by atoms with Gasteiger partial charge in [0.15, 0.2) is 0 Å². The van der Waals surface area contributed by atoms with Crippen molar-refractivity contribution in [2.75, 3.05) is 26.9 Å². The molecule has 3 rings (SSSR count). The first-order valence-corrected chi connectivity index (χ1v) is 6.98. The van der Waals surface area contributed by atoms with Crippen molar-refractivity contribution in [3.63, 3.8) is 0 Å². The maximum Gasteiger partial charge on any atom is 0.318 e. The Labute approximate surface area is 118 Å². The number of ether oxygens (including phenoxy) is 2. The molecule has 0 radical (unpaired) electrons. The van der Waals surface area contributed by atoms with E-state index < -0.39 is 0 Å². The van der Waals surface area contributed by atoms with Gasteiger partial charge in [0, 0.05) is 26.1 Å². The van der Waals surface area contributed by atoms with Crippen LogP contribution in [0.1, 0.15) is 5.56 Å². The Hall–Kier alpha value is -1.59. The van der Waals surface area contributed by atoms with Crippen LogP contribution in [0.5, 0.6) is 0 Å². The molecular formula is C15H20N2O3. The molecule has 1 aromatic rings. The van der Waals surface area contributed by atoms with Crippen LogP contribution < -0.4 is 5.32 Å². The van der Waals surface area contributed by atoms with Crippen molar-refractivity contribution in [2.45, 2.75) is 18.7 Å². The van der Waals surface area contributed by atoms with Crippen LogP contribution in [0.25, 0.3) is 0 Å². The van der Waals surface area contributed by atoms with Gasteiger partial charge in [-0.3, -0.25) is 0 Å². The molecule has 2 heterocycles. The van der Waals surface area contributed by atoms with Crippen LogP contribution in [0.2, 0.25) is 0 Å². The molecule has 0 bridgehead atoms. The number of nitrogens with one attached hydrogen (secondary N) is 1. The Kier molecular flexibility index (Phi) is 3.89. The van der Waals surface area contributed by atoms with Crippen molar-refractivity contribution in [1.29, 1.82) is 0 Å². The van der Waals surface area contributed by atoms with E-state index in [0.717, 1.165) is 5.56 Å². The lowest BCUT2D eigenvalue weighted by Gasteiger charge is -2.22. The molecule has 0 aliphatic carbocycles. The summed E-state index contributed by atoms with van der Waals surface area (Å²) in [5.74, 6) is 0.308. The molecule has 20 heavy (non-hydrogen) atoms. The van der Waals surface area contributed by atoms with Gasteiger partial charge in [-0.05, 0) is 5.56 Å². The fourth-order valence-corrected chi connectivity index (χ4v) is 3.06. The third kappa shape index (κ3) is 2.51. The molecule has 2 aliphatic rings. The van der Waals surface area contributed by atoms with E-state index in [-0.39, 0.29) is 18.2 Å². The molecule has 0 spiro atoms. The van der Waals surface area contributed by atoms with Crippen molar-refractivity contribution in [2.24, 2.45) is 5.92 Å². The van der Waals surface area contributed by atoms with Crippen LogP contribution in [-0.4, -0.2) is 49.9 Å². The third-order valence-corrected chi connectivity index (χ3v) is 4.20. The van der Waals surface area contributed by atoms with E-state index in [1.807, 2.05) is 35.2 Å². The second kappa shape index (κ2) is 5.81. The molecule has 108 valence electrons. The second-order valence-electron chi connectivity index (χ2n) is 5.34. The number of urea groups is 1. The van der Waals surface area contributed by atoms with Crippen molar-refractivity contribution in [1.82, 2.24) is 10.2 Å². The minimum Gasteiger partial charge on any atom is -0.379 e. The lowest BCUT2D eigenvalue weighted by molar-refractivity contribution is 0.0569. The monoisotopic (exact) mass is 276 g/mol. The third-order valence-electron chi connectivity index (χ3n) is 4.20. The predicted molar refractivity (Wildman–Crippen MR) is 74.3 cm³/mol. The molecule has 1 N–H and O–H groups in total. The standard InChI is InChI=1S/C15H20N2O3/c1-19-14-8-17(13-10-20-9-12(13)14)15(18)16-7-11-5-3-2-4-6-11/h2-6,12-14H,7-10H2,1H3,(H,16,18)/t12-,13+,14-/m1/s1. The van der Waals surface area contributed by atoms with E-state index in [4.69, 9.17) is 9.47 Å². The molecular weight excluding hydrogens is 256 g/mol. The molecule has 0 unspecified atom stereocenters. The van der Waals surface area contributed by atoms with Gasteiger partial charge in [-0.15, -0.1) is 0 Å². The Bertz CT molecular complexity index is 465. The smallest absolute Gasteiger partial charge is 0.318 e. The molecule has 1 aromatic carbocycles. The zero-order chi connectivity index (χ0) is 13.9. The fraction of sp³-hybridized carbons (Fsp3) is 0.533. The summed E-state index contributed by atoms with van der Waals surface area (Å²) in [5.41, 5.74) is 1.10. The Morgan fingerprint density at radius 3 is 2.95 bits per heavy atom. The van der Waals surface area contributed by atoms with Gasteiger partial charge in [0.1, 0.15) is 0 Å². The van der Waals surface area contributed by atoms with Gasteiger partial charge in [0.2, 0.25) is 0 Å². The number of likely N-dealkylation sites (tertiary alicyclic amines) is 1. The van der Waals surface area contributed by atoms with Crippen molar-refractivity contribution >= 4 is 6.03 Å². The first-order valence-electron chi connectivity index (χ1n) is 6.98. The first-order chi connectivity index (χ1) is 9.79. The summed E-state index contributed by atoms with van der Waals surface area (Å²) < 4.78 is 11.0. The van der Waals surface area contributed by atoms with E-state index in [0.29, 0.717) is 32.2 Å². The topological polar surface area (TPSA) is 50.8 Å². The first kappa shape index (κ1) is 13.4. The van der Waals surface area contributed by atoms with Crippen LogP contribution in [0.15, 0.2) is 30.3 Å². The highest BCUT2D eigenvalue weighted by Crippen LogP contribution is 2.31. The number of amides is 2. The van der Waals surface area contributed by atoms with Gasteiger partial charge >= 0.3 is 6.03 Å². The minimum atomic E-state index is -0.0334. The summed E-state index contributed by atoms with van der Waals surface area (Å²) in [6, 6.07) is 10.0. The number of hydrogen-bond donors (Lipinski definition) is 1. The van der Waals surface area contributed by atoms with Crippen LogP contribution >= 0.6 is 0 Å². The van der Waals surface area contributed by atoms with E-state index in [2.05, 4.69) is 5.32 Å². The normalized spacial score (nSPS) is 28.4. The van der Waals surface area contributed by atoms with E-state index in [9.17, 15) is 4.79 Å². The average molecular weight is 276 g/mol. The van der Waals surface area contributed by atoms with Gasteiger partial charge in [-0.2, -0.15) is 0 Å². The Balaban J connectivity index is 1.60. The second-order valence-corrected chi connectivity index (χ2v) is 5.34. The van der Waals surface area contributed by atoms with E-state index in [1.165, 1.54) is 0 Å². The molecule has 0 saturated carbocycles. The molecule has 2 fully saturated rings. The molecule has 0 aromatic heterocycles. The SMILES string of the molecule is CO[C@@H]1CN(C(=O)NCc2ccccc2)[C@H]2COC[C@@H]12. The van der Waals surface area contributed by atoms with Crippen LogP contribution in [0, 0.1) is 5.92 Å². The summed E-state index contributed by atoms with van der Waals surface area (Å²) in [6.45, 7) is 2.50. The Morgan fingerprint density at radius 1 is 1.40 bits per heavy atom. The number of fused-ring (bicyclic) bond motifs is 1. The van der Waals surface area contributed by atoms with Crippen molar-refractivity contribution < 1.29 is 14.3 Å². The minimum absolute atomic E-state index is 0.0334. The van der Waals surface area contributed by atoms with Gasteiger partial charge < -0.3 is 19.7 Å². The van der Waals surface area contributed by atoms with Crippen molar-refractivity contribution in [3.05, 3.63) is 35.9 Å². The summed E-state index contributed by atoms with van der Waals surface area (Å²) in [6.07, 6.45) is 0.0879. The number of carbonyl (C=O) groups is 1. The lowest BCUT2D eigenvalue weighted by Crippen LogP contribution is -2.44. The van der Waals surface area contributed by atoms with Gasteiger partial charge in [0.05, 0.1) is 25.4 Å². The number of benzene rings is 1. The fourth-order valence-electron chi connectivity index (χ4n) is 3.06. The number of rotatable bonds is 3. The molecule has 5 nitrogen and oxygen atoms in total. The van der Waals surface area contributed by atoms with Crippen LogP contribution in [0.4, 0.5) is 4.79 Å². The summed E-state index contributed by atoms with van der Waals surface area (Å²) >= 11 is 0. The Morgan fingerprint density at radius 2 is 2.20 bits per heavy atom. The van der Waals surface area contributed by atoms with E-state index in [1.54, 1.807) is 7.11 Å². The maximum absolute atomic E-state index is 12.3. The predicted octanol–water partition coefficient (Wildman–Crippen LogP) is 1.24. The number of hydrogen-bond acceptors (Lipinski definition) is 3. The average Bonchev–Trinajstić information content (AvgIpc) is 3.07. The highest BCUT2D eigenvalue weighted by atomic mass is 16.5. The summed E-state index contributed by atoms with van der Waals surface area (Å²) in [5, 5.41) is 2.97. The highest BCUT2D eigenvalue weighted by Gasteiger charge is 2.47. The molecule has 2 amide bonds. The lowest BCUT2D eigenvalue weighted by atomic mass is 10.0. The summed E-state index contributed by atoms with van der Waals surface area (Å²) in [4.78, 5) is 14.2.